The molecule has 7 nitrogen and oxygen atoms in total. The van der Waals surface area contributed by atoms with Gasteiger partial charge in [-0.15, -0.1) is 5.10 Å². The van der Waals surface area contributed by atoms with E-state index < -0.39 is 0 Å². The maximum atomic E-state index is 12.6. The van der Waals surface area contributed by atoms with Gasteiger partial charge >= 0.3 is 0 Å². The van der Waals surface area contributed by atoms with Gasteiger partial charge in [0.25, 0.3) is 0 Å². The molecule has 0 saturated heterocycles. The first-order chi connectivity index (χ1) is 15.9. The number of anilines is 1. The Kier molecular flexibility index (Phi) is 6.60. The normalized spacial score (nSPS) is 11.1. The summed E-state index contributed by atoms with van der Waals surface area (Å²) in [5, 5.41) is 17.3. The zero-order chi connectivity index (χ0) is 23.4. The van der Waals surface area contributed by atoms with Crippen molar-refractivity contribution in [2.45, 2.75) is 27.3 Å². The van der Waals surface area contributed by atoms with E-state index in [1.807, 2.05) is 44.0 Å². The molecular formula is C26H28N6O. The number of carbonyl (C=O) groups is 1. The summed E-state index contributed by atoms with van der Waals surface area (Å²) in [6.45, 7) is 7.10. The van der Waals surface area contributed by atoms with Gasteiger partial charge in [0, 0.05) is 17.8 Å². The van der Waals surface area contributed by atoms with E-state index in [2.05, 4.69) is 75.3 Å². The standard InChI is InChI=1S/C26H28N6O/c1-17-13-18(2)25(19(3)14-17)27-24(33)16-32(4)15-20-9-11-21(12-10-20)22-7-5-6-8-23(22)26-28-30-31-29-26/h5-14H,15-16H2,1-4H3,(H,27,33)(H,28,29,30,31). The Balaban J connectivity index is 1.40. The Labute approximate surface area is 193 Å². The predicted octanol–water partition coefficient (Wildman–Crippen LogP) is 4.53. The highest BCUT2D eigenvalue weighted by molar-refractivity contribution is 5.93. The largest absolute Gasteiger partial charge is 0.324 e. The molecule has 3 aromatic carbocycles. The minimum Gasteiger partial charge on any atom is -0.324 e. The van der Waals surface area contributed by atoms with Crippen LogP contribution in [0.25, 0.3) is 22.5 Å². The van der Waals surface area contributed by atoms with Crippen LogP contribution in [-0.4, -0.2) is 45.0 Å². The minimum absolute atomic E-state index is 0.0150. The third kappa shape index (κ3) is 5.32. The van der Waals surface area contributed by atoms with Crippen molar-refractivity contribution in [3.63, 3.8) is 0 Å². The molecule has 1 amide bonds. The molecule has 33 heavy (non-hydrogen) atoms. The van der Waals surface area contributed by atoms with Crippen LogP contribution < -0.4 is 5.32 Å². The number of tetrazole rings is 1. The lowest BCUT2D eigenvalue weighted by atomic mass is 9.98. The van der Waals surface area contributed by atoms with Gasteiger partial charge in [0.2, 0.25) is 5.91 Å². The molecule has 0 saturated carbocycles. The minimum atomic E-state index is -0.0150. The molecule has 1 heterocycles. The Morgan fingerprint density at radius 1 is 0.970 bits per heavy atom. The summed E-state index contributed by atoms with van der Waals surface area (Å²) in [6.07, 6.45) is 0. The number of carbonyl (C=O) groups excluding carboxylic acids is 1. The summed E-state index contributed by atoms with van der Waals surface area (Å²) in [6, 6.07) is 20.6. The van der Waals surface area contributed by atoms with Crippen molar-refractivity contribution in [1.29, 1.82) is 0 Å². The number of benzene rings is 3. The zero-order valence-corrected chi connectivity index (χ0v) is 19.4. The van der Waals surface area contributed by atoms with Crippen molar-refractivity contribution < 1.29 is 4.79 Å². The topological polar surface area (TPSA) is 86.8 Å². The van der Waals surface area contributed by atoms with Crippen LogP contribution in [0, 0.1) is 20.8 Å². The quantitative estimate of drug-likeness (QED) is 0.441. The molecule has 0 aliphatic heterocycles. The Morgan fingerprint density at radius 3 is 2.27 bits per heavy atom. The number of rotatable bonds is 7. The van der Waals surface area contributed by atoms with Crippen molar-refractivity contribution >= 4 is 11.6 Å². The first-order valence-corrected chi connectivity index (χ1v) is 10.9. The molecule has 0 aliphatic rings. The van der Waals surface area contributed by atoms with Crippen LogP contribution in [-0.2, 0) is 11.3 Å². The highest BCUT2D eigenvalue weighted by Crippen LogP contribution is 2.29. The summed E-state index contributed by atoms with van der Waals surface area (Å²) >= 11 is 0. The number of hydrogen-bond acceptors (Lipinski definition) is 5. The molecule has 0 unspecified atom stereocenters. The Bertz CT molecular complexity index is 1230. The van der Waals surface area contributed by atoms with E-state index in [1.54, 1.807) is 0 Å². The van der Waals surface area contributed by atoms with Gasteiger partial charge in [-0.1, -0.05) is 66.2 Å². The van der Waals surface area contributed by atoms with Crippen LogP contribution in [0.1, 0.15) is 22.3 Å². The smallest absolute Gasteiger partial charge is 0.238 e. The average Bonchev–Trinajstić information content (AvgIpc) is 3.31. The van der Waals surface area contributed by atoms with Crippen molar-refractivity contribution in [1.82, 2.24) is 25.5 Å². The highest BCUT2D eigenvalue weighted by atomic mass is 16.2. The van der Waals surface area contributed by atoms with Crippen molar-refractivity contribution in [2.75, 3.05) is 18.9 Å². The van der Waals surface area contributed by atoms with E-state index >= 15 is 0 Å². The van der Waals surface area contributed by atoms with E-state index in [0.717, 1.165) is 39.1 Å². The zero-order valence-electron chi connectivity index (χ0n) is 19.4. The maximum absolute atomic E-state index is 12.6. The molecular weight excluding hydrogens is 412 g/mol. The highest BCUT2D eigenvalue weighted by Gasteiger charge is 2.13. The van der Waals surface area contributed by atoms with Crippen LogP contribution in [0.4, 0.5) is 5.69 Å². The van der Waals surface area contributed by atoms with Crippen LogP contribution in [0.2, 0.25) is 0 Å². The van der Waals surface area contributed by atoms with Gasteiger partial charge in [-0.2, -0.15) is 0 Å². The number of aromatic nitrogens is 4. The van der Waals surface area contributed by atoms with Gasteiger partial charge in [-0.25, -0.2) is 5.10 Å². The molecule has 0 radical (unpaired) electrons. The summed E-state index contributed by atoms with van der Waals surface area (Å²) in [7, 11) is 1.95. The van der Waals surface area contributed by atoms with Crippen molar-refractivity contribution in [2.24, 2.45) is 0 Å². The molecule has 2 N–H and O–H groups in total. The van der Waals surface area contributed by atoms with E-state index in [0.29, 0.717) is 18.9 Å². The van der Waals surface area contributed by atoms with Crippen LogP contribution in [0.5, 0.6) is 0 Å². The van der Waals surface area contributed by atoms with Gasteiger partial charge in [-0.05, 0) is 66.1 Å². The number of H-pyrrole nitrogens is 1. The number of nitrogens with zero attached hydrogens (tertiary/aromatic N) is 4. The van der Waals surface area contributed by atoms with Crippen LogP contribution in [0.15, 0.2) is 60.7 Å². The fraction of sp³-hybridized carbons (Fsp3) is 0.231. The number of aryl methyl sites for hydroxylation is 3. The number of aromatic amines is 1. The van der Waals surface area contributed by atoms with Crippen LogP contribution >= 0.6 is 0 Å². The maximum Gasteiger partial charge on any atom is 0.238 e. The summed E-state index contributed by atoms with van der Waals surface area (Å²) in [5.41, 5.74) is 8.49. The monoisotopic (exact) mass is 440 g/mol. The predicted molar refractivity (Wildman–Crippen MR) is 131 cm³/mol. The van der Waals surface area contributed by atoms with E-state index in [4.69, 9.17) is 0 Å². The fourth-order valence-electron chi connectivity index (χ4n) is 4.17. The van der Waals surface area contributed by atoms with E-state index in [9.17, 15) is 4.79 Å². The first-order valence-electron chi connectivity index (χ1n) is 10.9. The van der Waals surface area contributed by atoms with Gasteiger partial charge < -0.3 is 5.32 Å². The number of amides is 1. The SMILES string of the molecule is Cc1cc(C)c(NC(=O)CN(C)Cc2ccc(-c3ccccc3-c3nnn[nH]3)cc2)c(C)c1. The lowest BCUT2D eigenvalue weighted by Gasteiger charge is -2.18. The second kappa shape index (κ2) is 9.75. The lowest BCUT2D eigenvalue weighted by molar-refractivity contribution is -0.117. The molecule has 4 rings (SSSR count). The van der Waals surface area contributed by atoms with E-state index in [1.165, 1.54) is 5.56 Å². The molecule has 1 aromatic heterocycles. The fourth-order valence-corrected chi connectivity index (χ4v) is 4.17. The summed E-state index contributed by atoms with van der Waals surface area (Å²) < 4.78 is 0. The molecule has 0 aliphatic carbocycles. The molecule has 7 heteroatoms. The molecule has 168 valence electrons. The van der Waals surface area contributed by atoms with Gasteiger partial charge in [-0.3, -0.25) is 9.69 Å². The van der Waals surface area contributed by atoms with Gasteiger partial charge in [0.05, 0.1) is 6.54 Å². The molecule has 4 aromatic rings. The van der Waals surface area contributed by atoms with Crippen LogP contribution in [0.3, 0.4) is 0 Å². The number of hydrogen-bond donors (Lipinski definition) is 2. The molecule has 0 spiro atoms. The average molecular weight is 441 g/mol. The van der Waals surface area contributed by atoms with Crippen molar-refractivity contribution in [3.8, 4) is 22.5 Å². The summed E-state index contributed by atoms with van der Waals surface area (Å²) in [4.78, 5) is 14.6. The molecule has 0 bridgehead atoms. The first kappa shape index (κ1) is 22.4. The third-order valence-corrected chi connectivity index (χ3v) is 5.60. The van der Waals surface area contributed by atoms with Crippen molar-refractivity contribution in [3.05, 3.63) is 82.9 Å². The summed E-state index contributed by atoms with van der Waals surface area (Å²) in [5.74, 6) is 0.623. The number of nitrogens with one attached hydrogen (secondary N) is 2. The second-order valence-electron chi connectivity index (χ2n) is 8.49. The van der Waals surface area contributed by atoms with Gasteiger partial charge in [0.1, 0.15) is 0 Å². The molecule has 0 fully saturated rings. The van der Waals surface area contributed by atoms with E-state index in [-0.39, 0.29) is 5.91 Å². The third-order valence-electron chi connectivity index (χ3n) is 5.60. The number of likely N-dealkylation sites (N-methyl/N-ethyl adjacent to an activating group) is 1. The Morgan fingerprint density at radius 2 is 1.64 bits per heavy atom. The van der Waals surface area contributed by atoms with Gasteiger partial charge in [0.15, 0.2) is 5.82 Å². The molecule has 0 atom stereocenters. The Hall–Kier alpha value is -3.84. The second-order valence-corrected chi connectivity index (χ2v) is 8.49. The lowest BCUT2D eigenvalue weighted by Crippen LogP contribution is -2.30.